The normalized spacial score (nSPS) is 19.4. The number of hydrogen-bond donors (Lipinski definition) is 2. The van der Waals surface area contributed by atoms with Crippen LogP contribution in [-0.4, -0.2) is 60.0 Å². The van der Waals surface area contributed by atoms with Gasteiger partial charge in [-0.3, -0.25) is 4.79 Å². The summed E-state index contributed by atoms with van der Waals surface area (Å²) in [7, 11) is 0. The molecule has 0 aliphatic carbocycles. The van der Waals surface area contributed by atoms with Gasteiger partial charge in [-0.15, -0.1) is 0 Å². The van der Waals surface area contributed by atoms with E-state index in [1.54, 1.807) is 0 Å². The van der Waals surface area contributed by atoms with E-state index in [-0.39, 0.29) is 11.8 Å². The Balaban J connectivity index is 1.28. The standard InChI is InChI=1S/C18H30N6O/c19-17(25)16-4-10-23(11-5-16)7-3-6-20-12-15-13-21-18(22-14-15)24-8-1-2-9-24/h13-14,16,20H,1-12H2,(H2,19,25). The van der Waals surface area contributed by atoms with Gasteiger partial charge in [0, 0.05) is 43.5 Å². The Hall–Kier alpha value is -1.73. The summed E-state index contributed by atoms with van der Waals surface area (Å²) >= 11 is 0. The number of nitrogens with one attached hydrogen (secondary N) is 1. The maximum absolute atomic E-state index is 11.2. The van der Waals surface area contributed by atoms with Crippen molar-refractivity contribution in [2.75, 3.05) is 44.2 Å². The number of carbonyl (C=O) groups excluding carboxylic acids is 1. The Bertz CT molecular complexity index is 535. The number of carbonyl (C=O) groups is 1. The average molecular weight is 346 g/mol. The highest BCUT2D eigenvalue weighted by molar-refractivity contribution is 5.76. The molecule has 7 heteroatoms. The first-order valence-electron chi connectivity index (χ1n) is 9.50. The summed E-state index contributed by atoms with van der Waals surface area (Å²) in [6, 6.07) is 0. The molecule has 25 heavy (non-hydrogen) atoms. The molecule has 138 valence electrons. The molecule has 1 aromatic heterocycles. The number of primary amides is 1. The monoisotopic (exact) mass is 346 g/mol. The Morgan fingerprint density at radius 1 is 1.16 bits per heavy atom. The van der Waals surface area contributed by atoms with Gasteiger partial charge >= 0.3 is 0 Å². The zero-order valence-electron chi connectivity index (χ0n) is 15.0. The zero-order valence-corrected chi connectivity index (χ0v) is 15.0. The molecule has 7 nitrogen and oxygen atoms in total. The smallest absolute Gasteiger partial charge is 0.225 e. The highest BCUT2D eigenvalue weighted by atomic mass is 16.1. The van der Waals surface area contributed by atoms with Gasteiger partial charge in [0.05, 0.1) is 0 Å². The van der Waals surface area contributed by atoms with E-state index in [0.717, 1.165) is 76.6 Å². The molecular formula is C18H30N6O. The largest absolute Gasteiger partial charge is 0.369 e. The van der Waals surface area contributed by atoms with E-state index in [9.17, 15) is 4.79 Å². The quantitative estimate of drug-likeness (QED) is 0.676. The molecule has 0 saturated carbocycles. The second-order valence-corrected chi connectivity index (χ2v) is 7.13. The molecule has 3 heterocycles. The second-order valence-electron chi connectivity index (χ2n) is 7.13. The lowest BCUT2D eigenvalue weighted by atomic mass is 9.96. The molecule has 0 spiro atoms. The summed E-state index contributed by atoms with van der Waals surface area (Å²) in [5.74, 6) is 0.804. The first-order chi connectivity index (χ1) is 12.2. The summed E-state index contributed by atoms with van der Waals surface area (Å²) in [6.45, 7) is 6.98. The fourth-order valence-electron chi connectivity index (χ4n) is 3.62. The highest BCUT2D eigenvalue weighted by Gasteiger charge is 2.22. The lowest BCUT2D eigenvalue weighted by Crippen LogP contribution is -2.39. The molecule has 3 rings (SSSR count). The third-order valence-electron chi connectivity index (χ3n) is 5.23. The van der Waals surface area contributed by atoms with Crippen molar-refractivity contribution in [3.8, 4) is 0 Å². The maximum atomic E-state index is 11.2. The van der Waals surface area contributed by atoms with E-state index < -0.39 is 0 Å². The van der Waals surface area contributed by atoms with Crippen LogP contribution < -0.4 is 16.0 Å². The molecule has 1 aromatic rings. The number of anilines is 1. The lowest BCUT2D eigenvalue weighted by Gasteiger charge is -2.30. The summed E-state index contributed by atoms with van der Waals surface area (Å²) in [5, 5.41) is 3.46. The average Bonchev–Trinajstić information content (AvgIpc) is 3.17. The van der Waals surface area contributed by atoms with E-state index in [1.165, 1.54) is 12.8 Å². The van der Waals surface area contributed by atoms with Gasteiger partial charge in [-0.05, 0) is 58.3 Å². The SMILES string of the molecule is NC(=O)C1CCN(CCCNCc2cnc(N3CCCC3)nc2)CC1. The molecular weight excluding hydrogens is 316 g/mol. The third kappa shape index (κ3) is 5.37. The lowest BCUT2D eigenvalue weighted by molar-refractivity contribution is -0.123. The molecule has 2 fully saturated rings. The van der Waals surface area contributed by atoms with Gasteiger partial charge in [-0.25, -0.2) is 9.97 Å². The number of nitrogens with zero attached hydrogens (tertiary/aromatic N) is 4. The van der Waals surface area contributed by atoms with Gasteiger partial charge in [0.15, 0.2) is 0 Å². The summed E-state index contributed by atoms with van der Waals surface area (Å²) in [5.41, 5.74) is 6.50. The van der Waals surface area contributed by atoms with Crippen LogP contribution in [-0.2, 0) is 11.3 Å². The summed E-state index contributed by atoms with van der Waals surface area (Å²) in [6.07, 6.45) is 9.27. The van der Waals surface area contributed by atoms with Crippen LogP contribution in [0.2, 0.25) is 0 Å². The Labute approximate surface area is 150 Å². The first-order valence-corrected chi connectivity index (χ1v) is 9.50. The topological polar surface area (TPSA) is 87.4 Å². The van der Waals surface area contributed by atoms with Gasteiger partial charge in [0.1, 0.15) is 0 Å². The van der Waals surface area contributed by atoms with Crippen molar-refractivity contribution < 1.29 is 4.79 Å². The predicted octanol–water partition coefficient (Wildman–Crippen LogP) is 0.754. The number of amides is 1. The first kappa shape index (κ1) is 18.1. The second kappa shape index (κ2) is 9.10. The van der Waals surface area contributed by atoms with Crippen LogP contribution in [0.4, 0.5) is 5.95 Å². The Morgan fingerprint density at radius 2 is 1.84 bits per heavy atom. The number of rotatable bonds is 8. The van der Waals surface area contributed by atoms with Crippen LogP contribution in [0.3, 0.4) is 0 Å². The number of piperidine rings is 1. The van der Waals surface area contributed by atoms with Crippen LogP contribution in [0, 0.1) is 5.92 Å². The molecule has 3 N–H and O–H groups in total. The van der Waals surface area contributed by atoms with E-state index in [0.29, 0.717) is 0 Å². The van der Waals surface area contributed by atoms with Crippen LogP contribution >= 0.6 is 0 Å². The molecule has 0 aromatic carbocycles. The van der Waals surface area contributed by atoms with Crippen molar-refractivity contribution in [2.24, 2.45) is 11.7 Å². The van der Waals surface area contributed by atoms with Crippen LogP contribution in [0.1, 0.15) is 37.7 Å². The summed E-state index contributed by atoms with van der Waals surface area (Å²) in [4.78, 5) is 24.8. The minimum atomic E-state index is -0.140. The molecule has 0 unspecified atom stereocenters. The van der Waals surface area contributed by atoms with Crippen LogP contribution in [0.15, 0.2) is 12.4 Å². The van der Waals surface area contributed by atoms with Gasteiger partial charge in [-0.2, -0.15) is 0 Å². The summed E-state index contributed by atoms with van der Waals surface area (Å²) < 4.78 is 0. The fourth-order valence-corrected chi connectivity index (χ4v) is 3.62. The van der Waals surface area contributed by atoms with Crippen molar-refractivity contribution in [1.29, 1.82) is 0 Å². The number of likely N-dealkylation sites (tertiary alicyclic amines) is 1. The number of aromatic nitrogens is 2. The Kier molecular flexibility index (Phi) is 6.58. The van der Waals surface area contributed by atoms with Crippen molar-refractivity contribution in [3.05, 3.63) is 18.0 Å². The molecule has 2 aliphatic heterocycles. The van der Waals surface area contributed by atoms with Crippen LogP contribution in [0.5, 0.6) is 0 Å². The van der Waals surface area contributed by atoms with Crippen molar-refractivity contribution in [2.45, 2.75) is 38.6 Å². The fraction of sp³-hybridized carbons (Fsp3) is 0.722. The minimum Gasteiger partial charge on any atom is -0.369 e. The van der Waals surface area contributed by atoms with E-state index in [4.69, 9.17) is 5.73 Å². The van der Waals surface area contributed by atoms with Crippen molar-refractivity contribution in [1.82, 2.24) is 20.2 Å². The predicted molar refractivity (Wildman–Crippen MR) is 98.2 cm³/mol. The molecule has 2 aliphatic rings. The van der Waals surface area contributed by atoms with Crippen molar-refractivity contribution in [3.63, 3.8) is 0 Å². The van der Waals surface area contributed by atoms with Gasteiger partial charge in [0.25, 0.3) is 0 Å². The molecule has 0 atom stereocenters. The third-order valence-corrected chi connectivity index (χ3v) is 5.23. The minimum absolute atomic E-state index is 0.0814. The van der Waals surface area contributed by atoms with E-state index in [2.05, 4.69) is 25.1 Å². The van der Waals surface area contributed by atoms with E-state index in [1.807, 2.05) is 12.4 Å². The van der Waals surface area contributed by atoms with Crippen molar-refractivity contribution >= 4 is 11.9 Å². The highest BCUT2D eigenvalue weighted by Crippen LogP contribution is 2.16. The Morgan fingerprint density at radius 3 is 2.48 bits per heavy atom. The number of hydrogen-bond acceptors (Lipinski definition) is 6. The number of nitrogens with two attached hydrogens (primary N) is 1. The molecule has 0 radical (unpaired) electrons. The van der Waals surface area contributed by atoms with Gasteiger partial charge in [-0.1, -0.05) is 0 Å². The van der Waals surface area contributed by atoms with Gasteiger partial charge < -0.3 is 20.9 Å². The van der Waals surface area contributed by atoms with E-state index >= 15 is 0 Å². The van der Waals surface area contributed by atoms with Gasteiger partial charge in [0.2, 0.25) is 11.9 Å². The molecule has 1 amide bonds. The molecule has 0 bridgehead atoms. The maximum Gasteiger partial charge on any atom is 0.225 e. The zero-order chi connectivity index (χ0) is 17.5. The molecule has 2 saturated heterocycles. The van der Waals surface area contributed by atoms with Crippen LogP contribution in [0.25, 0.3) is 0 Å².